The summed E-state index contributed by atoms with van der Waals surface area (Å²) in [6.45, 7) is 1.91. The fourth-order valence-electron chi connectivity index (χ4n) is 2.36. The molecule has 8 nitrogen and oxygen atoms in total. The number of hydrogen-bond donors (Lipinski definition) is 2. The highest BCUT2D eigenvalue weighted by molar-refractivity contribution is 5.88. The van der Waals surface area contributed by atoms with Crippen LogP contribution in [0.2, 0.25) is 0 Å². The number of fused-ring (bicyclic) bond motifs is 1. The predicted molar refractivity (Wildman–Crippen MR) is 88.8 cm³/mol. The summed E-state index contributed by atoms with van der Waals surface area (Å²) in [5.74, 6) is -1.78. The Labute approximate surface area is 142 Å². The van der Waals surface area contributed by atoms with Crippen LogP contribution in [0.3, 0.4) is 0 Å². The lowest BCUT2D eigenvalue weighted by Crippen LogP contribution is -2.00. The number of aromatic carboxylic acids is 1. The molecule has 25 heavy (non-hydrogen) atoms. The fraction of sp³-hybridized carbons (Fsp3) is 0.118. The van der Waals surface area contributed by atoms with Crippen LogP contribution in [0.15, 0.2) is 52.8 Å². The summed E-state index contributed by atoms with van der Waals surface area (Å²) >= 11 is 0. The van der Waals surface area contributed by atoms with Crippen molar-refractivity contribution < 1.29 is 19.8 Å². The molecule has 3 aromatic rings. The van der Waals surface area contributed by atoms with Gasteiger partial charge in [0, 0.05) is 6.20 Å². The molecule has 8 heteroatoms. The summed E-state index contributed by atoms with van der Waals surface area (Å²) in [5.41, 5.74) is 2.29. The monoisotopic (exact) mass is 338 g/mol. The minimum atomic E-state index is -1.06. The second kappa shape index (κ2) is 6.52. The Morgan fingerprint density at radius 2 is 1.96 bits per heavy atom. The van der Waals surface area contributed by atoms with Gasteiger partial charge in [-0.2, -0.15) is 0 Å². The van der Waals surface area contributed by atoms with Crippen LogP contribution >= 0.6 is 0 Å². The van der Waals surface area contributed by atoms with Gasteiger partial charge in [0.05, 0.1) is 23.4 Å². The highest BCUT2D eigenvalue weighted by Gasteiger charge is 2.15. The third kappa shape index (κ3) is 3.52. The van der Waals surface area contributed by atoms with E-state index in [1.807, 2.05) is 19.1 Å². The number of imidazole rings is 1. The lowest BCUT2D eigenvalue weighted by molar-refractivity contribution is -0.136. The summed E-state index contributed by atoms with van der Waals surface area (Å²) in [6.07, 6.45) is 1.45. The first-order valence-corrected chi connectivity index (χ1v) is 7.38. The van der Waals surface area contributed by atoms with Crippen LogP contribution in [0, 0.1) is 6.92 Å². The number of pyridine rings is 1. The number of nitrogens with zero attached hydrogens (tertiary/aromatic N) is 4. The van der Waals surface area contributed by atoms with Gasteiger partial charge in [0.15, 0.2) is 5.82 Å². The zero-order valence-corrected chi connectivity index (χ0v) is 13.2. The molecule has 0 bridgehead atoms. The van der Waals surface area contributed by atoms with Gasteiger partial charge in [-0.1, -0.05) is 6.07 Å². The molecule has 0 aliphatic heterocycles. The number of aromatic nitrogens is 2. The first-order chi connectivity index (χ1) is 11.9. The number of carbonyl (C=O) groups is 2. The zero-order valence-electron chi connectivity index (χ0n) is 13.2. The van der Waals surface area contributed by atoms with Crippen molar-refractivity contribution in [2.75, 3.05) is 0 Å². The van der Waals surface area contributed by atoms with Gasteiger partial charge in [-0.05, 0) is 42.8 Å². The van der Waals surface area contributed by atoms with Gasteiger partial charge in [0.2, 0.25) is 0 Å². The van der Waals surface area contributed by atoms with Gasteiger partial charge < -0.3 is 10.2 Å². The number of benzene rings is 1. The van der Waals surface area contributed by atoms with Crippen LogP contribution in [0.1, 0.15) is 21.6 Å². The molecule has 3 rings (SSSR count). The van der Waals surface area contributed by atoms with Crippen LogP contribution < -0.4 is 0 Å². The predicted octanol–water partition coefficient (Wildman–Crippen LogP) is 3.38. The summed E-state index contributed by atoms with van der Waals surface area (Å²) in [5, 5.41) is 26.2. The van der Waals surface area contributed by atoms with Crippen molar-refractivity contribution in [3.63, 3.8) is 0 Å². The van der Waals surface area contributed by atoms with E-state index >= 15 is 0 Å². The van der Waals surface area contributed by atoms with E-state index in [-0.39, 0.29) is 17.7 Å². The van der Waals surface area contributed by atoms with Gasteiger partial charge in [0.25, 0.3) is 0 Å². The SMILES string of the molecule is Cc1ccn2c(N=Nc3cccc(C(=O)O)c3)c(CC(=O)O)nc2c1. The number of aliphatic carboxylic acids is 1. The molecular weight excluding hydrogens is 324 g/mol. The normalized spacial score (nSPS) is 11.2. The Hall–Kier alpha value is -3.55. The molecule has 0 aliphatic rings. The van der Waals surface area contributed by atoms with Gasteiger partial charge in [-0.15, -0.1) is 10.2 Å². The number of carboxylic acid groups (broad SMARTS) is 2. The lowest BCUT2D eigenvalue weighted by Gasteiger charge is -1.99. The quantitative estimate of drug-likeness (QED) is 0.692. The second-order valence-electron chi connectivity index (χ2n) is 5.44. The highest BCUT2D eigenvalue weighted by Crippen LogP contribution is 2.25. The average Bonchev–Trinajstić information content (AvgIpc) is 2.88. The topological polar surface area (TPSA) is 117 Å². The smallest absolute Gasteiger partial charge is 0.335 e. The Morgan fingerprint density at radius 3 is 2.68 bits per heavy atom. The number of azo groups is 1. The van der Waals surface area contributed by atoms with E-state index in [0.29, 0.717) is 17.2 Å². The molecule has 0 radical (unpaired) electrons. The Balaban J connectivity index is 2.06. The van der Waals surface area contributed by atoms with Crippen LogP contribution in [-0.2, 0) is 11.2 Å². The Bertz CT molecular complexity index is 1010. The summed E-state index contributed by atoms with van der Waals surface area (Å²) < 4.78 is 1.65. The minimum Gasteiger partial charge on any atom is -0.481 e. The van der Waals surface area contributed by atoms with E-state index in [4.69, 9.17) is 10.2 Å². The van der Waals surface area contributed by atoms with Crippen molar-refractivity contribution in [2.24, 2.45) is 10.2 Å². The second-order valence-corrected chi connectivity index (χ2v) is 5.44. The highest BCUT2D eigenvalue weighted by atomic mass is 16.4. The van der Waals surface area contributed by atoms with Gasteiger partial charge in [0.1, 0.15) is 5.65 Å². The van der Waals surface area contributed by atoms with E-state index in [1.165, 1.54) is 12.1 Å². The maximum atomic E-state index is 11.1. The molecule has 2 heterocycles. The Kier molecular flexibility index (Phi) is 4.25. The molecule has 0 unspecified atom stereocenters. The van der Waals surface area contributed by atoms with E-state index in [9.17, 15) is 9.59 Å². The van der Waals surface area contributed by atoms with Crippen LogP contribution in [0.25, 0.3) is 5.65 Å². The summed E-state index contributed by atoms with van der Waals surface area (Å²) in [7, 11) is 0. The molecule has 0 spiro atoms. The Morgan fingerprint density at radius 1 is 1.16 bits per heavy atom. The average molecular weight is 338 g/mol. The molecule has 0 saturated heterocycles. The molecule has 2 N–H and O–H groups in total. The van der Waals surface area contributed by atoms with Gasteiger partial charge in [-0.3, -0.25) is 9.20 Å². The maximum absolute atomic E-state index is 11.1. The minimum absolute atomic E-state index is 0.0935. The molecular formula is C17H14N4O4. The first-order valence-electron chi connectivity index (χ1n) is 7.38. The van der Waals surface area contributed by atoms with Crippen molar-refractivity contribution in [1.82, 2.24) is 9.38 Å². The van der Waals surface area contributed by atoms with E-state index < -0.39 is 11.9 Å². The van der Waals surface area contributed by atoms with E-state index in [2.05, 4.69) is 15.2 Å². The first kappa shape index (κ1) is 16.3. The molecule has 0 amide bonds. The van der Waals surface area contributed by atoms with Crippen LogP contribution in [0.4, 0.5) is 11.5 Å². The van der Waals surface area contributed by atoms with Gasteiger partial charge in [-0.25, -0.2) is 9.78 Å². The molecule has 2 aromatic heterocycles. The van der Waals surface area contributed by atoms with E-state index in [0.717, 1.165) is 5.56 Å². The van der Waals surface area contributed by atoms with Crippen molar-refractivity contribution in [3.05, 3.63) is 59.4 Å². The third-order valence-electron chi connectivity index (χ3n) is 3.50. The number of hydrogen-bond acceptors (Lipinski definition) is 5. The molecule has 0 atom stereocenters. The van der Waals surface area contributed by atoms with Crippen molar-refractivity contribution in [3.8, 4) is 0 Å². The molecule has 0 fully saturated rings. The molecule has 0 saturated carbocycles. The van der Waals surface area contributed by atoms with Crippen LogP contribution in [-0.4, -0.2) is 31.5 Å². The zero-order chi connectivity index (χ0) is 18.0. The number of aryl methyl sites for hydroxylation is 1. The molecule has 126 valence electrons. The number of rotatable bonds is 5. The standard InChI is InChI=1S/C17H14N4O4/c1-10-5-6-21-14(7-10)18-13(9-15(22)23)16(21)20-19-12-4-2-3-11(8-12)17(24)25/h2-8H,9H2,1H3,(H,22,23)(H,24,25). The fourth-order valence-corrected chi connectivity index (χ4v) is 2.36. The van der Waals surface area contributed by atoms with E-state index in [1.54, 1.807) is 22.7 Å². The largest absolute Gasteiger partial charge is 0.481 e. The third-order valence-corrected chi connectivity index (χ3v) is 3.50. The van der Waals surface area contributed by atoms with Crippen molar-refractivity contribution in [1.29, 1.82) is 0 Å². The maximum Gasteiger partial charge on any atom is 0.335 e. The van der Waals surface area contributed by atoms with Crippen molar-refractivity contribution >= 4 is 29.1 Å². The summed E-state index contributed by atoms with van der Waals surface area (Å²) in [6, 6.07) is 9.68. The van der Waals surface area contributed by atoms with Gasteiger partial charge >= 0.3 is 11.9 Å². The summed E-state index contributed by atoms with van der Waals surface area (Å²) in [4.78, 5) is 26.4. The molecule has 1 aromatic carbocycles. The van der Waals surface area contributed by atoms with Crippen LogP contribution in [0.5, 0.6) is 0 Å². The van der Waals surface area contributed by atoms with Crippen molar-refractivity contribution in [2.45, 2.75) is 13.3 Å². The lowest BCUT2D eigenvalue weighted by atomic mass is 10.2. The molecule has 0 aliphatic carbocycles. The number of carboxylic acids is 2.